The molecule has 1 nitrogen and oxygen atoms in total. The molecule has 1 atom stereocenters. The second-order valence-electron chi connectivity index (χ2n) is 4.99. The molecule has 1 heterocycles. The van der Waals surface area contributed by atoms with E-state index in [1.54, 1.807) is 17.8 Å². The standard InChI is InChI=1S/C12H16FNS/c1-12(2,3)11-7-14-9-5-4-8(13)6-10(9)15-11/h4-6,11,14H,7H2,1-3H3. The molecule has 3 heteroatoms. The lowest BCUT2D eigenvalue weighted by molar-refractivity contribution is 0.401. The van der Waals surface area contributed by atoms with Crippen molar-refractivity contribution in [1.29, 1.82) is 0 Å². The quantitative estimate of drug-likeness (QED) is 0.721. The average molecular weight is 225 g/mol. The van der Waals surface area contributed by atoms with Crippen molar-refractivity contribution < 1.29 is 4.39 Å². The van der Waals surface area contributed by atoms with E-state index in [9.17, 15) is 4.39 Å². The maximum Gasteiger partial charge on any atom is 0.124 e. The van der Waals surface area contributed by atoms with Gasteiger partial charge in [0.2, 0.25) is 0 Å². The van der Waals surface area contributed by atoms with Gasteiger partial charge in [-0.15, -0.1) is 11.8 Å². The van der Waals surface area contributed by atoms with E-state index in [0.29, 0.717) is 5.25 Å². The predicted molar refractivity (Wildman–Crippen MR) is 64.0 cm³/mol. The van der Waals surface area contributed by atoms with E-state index < -0.39 is 0 Å². The molecule has 15 heavy (non-hydrogen) atoms. The van der Waals surface area contributed by atoms with E-state index in [4.69, 9.17) is 0 Å². The summed E-state index contributed by atoms with van der Waals surface area (Å²) in [7, 11) is 0. The molecule has 1 aliphatic rings. The minimum atomic E-state index is -0.155. The largest absolute Gasteiger partial charge is 0.383 e. The molecule has 0 aromatic heterocycles. The summed E-state index contributed by atoms with van der Waals surface area (Å²) < 4.78 is 13.1. The van der Waals surface area contributed by atoms with Crippen LogP contribution in [-0.2, 0) is 0 Å². The molecular weight excluding hydrogens is 209 g/mol. The summed E-state index contributed by atoms with van der Waals surface area (Å²) in [6.07, 6.45) is 0. The monoisotopic (exact) mass is 225 g/mol. The fourth-order valence-corrected chi connectivity index (χ4v) is 2.89. The molecule has 0 fully saturated rings. The van der Waals surface area contributed by atoms with Gasteiger partial charge in [0.15, 0.2) is 0 Å². The molecule has 0 bridgehead atoms. The summed E-state index contributed by atoms with van der Waals surface area (Å²) in [4.78, 5) is 1.03. The molecule has 1 aliphatic heterocycles. The topological polar surface area (TPSA) is 12.0 Å². The fourth-order valence-electron chi connectivity index (χ4n) is 1.62. The van der Waals surface area contributed by atoms with Gasteiger partial charge in [0.05, 0.1) is 0 Å². The Bertz CT molecular complexity index is 370. The van der Waals surface area contributed by atoms with Crippen molar-refractivity contribution in [2.45, 2.75) is 30.9 Å². The van der Waals surface area contributed by atoms with Crippen LogP contribution in [-0.4, -0.2) is 11.8 Å². The van der Waals surface area contributed by atoms with Crippen LogP contribution in [0.3, 0.4) is 0 Å². The molecule has 0 radical (unpaired) electrons. The molecule has 1 aromatic rings. The van der Waals surface area contributed by atoms with E-state index in [-0.39, 0.29) is 11.2 Å². The number of benzene rings is 1. The molecule has 1 N–H and O–H groups in total. The number of hydrogen-bond donors (Lipinski definition) is 1. The first-order valence-corrected chi connectivity index (χ1v) is 6.05. The zero-order chi connectivity index (χ0) is 11.1. The Balaban J connectivity index is 2.26. The van der Waals surface area contributed by atoms with Crippen LogP contribution in [0.15, 0.2) is 23.1 Å². The van der Waals surface area contributed by atoms with Crippen molar-refractivity contribution in [3.8, 4) is 0 Å². The number of thioether (sulfide) groups is 1. The Morgan fingerprint density at radius 1 is 1.40 bits per heavy atom. The summed E-state index contributed by atoms with van der Waals surface area (Å²) in [5.74, 6) is -0.155. The number of anilines is 1. The molecule has 0 amide bonds. The summed E-state index contributed by atoms with van der Waals surface area (Å²) in [6.45, 7) is 7.61. The lowest BCUT2D eigenvalue weighted by Gasteiger charge is -2.34. The molecular formula is C12H16FNS. The van der Waals surface area contributed by atoms with Gasteiger partial charge in [-0.1, -0.05) is 20.8 Å². The van der Waals surface area contributed by atoms with Gasteiger partial charge in [0.25, 0.3) is 0 Å². The van der Waals surface area contributed by atoms with Crippen LogP contribution in [0.25, 0.3) is 0 Å². The Labute approximate surface area is 94.5 Å². The smallest absolute Gasteiger partial charge is 0.124 e. The first-order chi connectivity index (χ1) is 6.97. The normalized spacial score (nSPS) is 20.7. The Kier molecular flexibility index (Phi) is 2.67. The lowest BCUT2D eigenvalue weighted by atomic mass is 9.91. The minimum Gasteiger partial charge on any atom is -0.383 e. The second kappa shape index (κ2) is 3.71. The van der Waals surface area contributed by atoms with Gasteiger partial charge in [0.1, 0.15) is 5.82 Å². The number of hydrogen-bond acceptors (Lipinski definition) is 2. The first kappa shape index (κ1) is 10.8. The Morgan fingerprint density at radius 3 is 2.80 bits per heavy atom. The van der Waals surface area contributed by atoms with E-state index in [0.717, 1.165) is 17.1 Å². The van der Waals surface area contributed by atoms with E-state index in [1.165, 1.54) is 6.07 Å². The average Bonchev–Trinajstić information content (AvgIpc) is 2.15. The van der Waals surface area contributed by atoms with Crippen LogP contribution in [0.2, 0.25) is 0 Å². The highest BCUT2D eigenvalue weighted by molar-refractivity contribution is 8.00. The van der Waals surface area contributed by atoms with Gasteiger partial charge in [-0.2, -0.15) is 0 Å². The fraction of sp³-hybridized carbons (Fsp3) is 0.500. The molecule has 1 aromatic carbocycles. The molecule has 2 rings (SSSR count). The van der Waals surface area contributed by atoms with Crippen molar-refractivity contribution in [2.75, 3.05) is 11.9 Å². The molecule has 82 valence electrons. The van der Waals surface area contributed by atoms with Crippen molar-refractivity contribution in [3.63, 3.8) is 0 Å². The van der Waals surface area contributed by atoms with E-state index >= 15 is 0 Å². The Hall–Kier alpha value is -0.700. The van der Waals surface area contributed by atoms with Crippen LogP contribution in [0.4, 0.5) is 10.1 Å². The highest BCUT2D eigenvalue weighted by Crippen LogP contribution is 2.42. The number of nitrogens with one attached hydrogen (secondary N) is 1. The third-order valence-corrected chi connectivity index (χ3v) is 4.41. The summed E-state index contributed by atoms with van der Waals surface area (Å²) >= 11 is 1.78. The number of fused-ring (bicyclic) bond motifs is 1. The van der Waals surface area contributed by atoms with Crippen molar-refractivity contribution >= 4 is 17.4 Å². The molecule has 0 aliphatic carbocycles. The third-order valence-electron chi connectivity index (χ3n) is 2.66. The van der Waals surface area contributed by atoms with Crippen LogP contribution in [0.1, 0.15) is 20.8 Å². The highest BCUT2D eigenvalue weighted by Gasteiger charge is 2.29. The van der Waals surface area contributed by atoms with E-state index in [2.05, 4.69) is 26.1 Å². The van der Waals surface area contributed by atoms with Crippen LogP contribution < -0.4 is 5.32 Å². The number of halogens is 1. The van der Waals surface area contributed by atoms with Gasteiger partial charge in [-0.25, -0.2) is 4.39 Å². The summed E-state index contributed by atoms with van der Waals surface area (Å²) in [6, 6.07) is 4.94. The second-order valence-corrected chi connectivity index (χ2v) is 6.24. The van der Waals surface area contributed by atoms with Crippen LogP contribution >= 0.6 is 11.8 Å². The summed E-state index contributed by atoms with van der Waals surface area (Å²) in [5.41, 5.74) is 1.30. The van der Waals surface area contributed by atoms with E-state index in [1.807, 2.05) is 6.07 Å². The Morgan fingerprint density at radius 2 is 2.13 bits per heavy atom. The lowest BCUT2D eigenvalue weighted by Crippen LogP contribution is -2.32. The maximum atomic E-state index is 13.1. The summed E-state index contributed by atoms with van der Waals surface area (Å²) in [5, 5.41) is 3.85. The van der Waals surface area contributed by atoms with Crippen molar-refractivity contribution in [1.82, 2.24) is 0 Å². The van der Waals surface area contributed by atoms with Gasteiger partial charge in [0, 0.05) is 22.4 Å². The SMILES string of the molecule is CC(C)(C)C1CNc2ccc(F)cc2S1. The maximum absolute atomic E-state index is 13.1. The third kappa shape index (κ3) is 2.28. The predicted octanol–water partition coefficient (Wildman–Crippen LogP) is 3.76. The molecule has 0 saturated heterocycles. The van der Waals surface area contributed by atoms with Gasteiger partial charge >= 0.3 is 0 Å². The minimum absolute atomic E-state index is 0.155. The number of rotatable bonds is 0. The van der Waals surface area contributed by atoms with Gasteiger partial charge in [-0.05, 0) is 23.6 Å². The molecule has 0 spiro atoms. The van der Waals surface area contributed by atoms with Crippen LogP contribution in [0, 0.1) is 11.2 Å². The molecule has 0 saturated carbocycles. The zero-order valence-corrected chi connectivity index (χ0v) is 10.1. The van der Waals surface area contributed by atoms with Gasteiger partial charge < -0.3 is 5.32 Å². The molecule has 1 unspecified atom stereocenters. The van der Waals surface area contributed by atoms with Crippen molar-refractivity contribution in [2.24, 2.45) is 5.41 Å². The van der Waals surface area contributed by atoms with Crippen LogP contribution in [0.5, 0.6) is 0 Å². The van der Waals surface area contributed by atoms with Gasteiger partial charge in [-0.3, -0.25) is 0 Å². The first-order valence-electron chi connectivity index (χ1n) is 5.17. The van der Waals surface area contributed by atoms with Crippen molar-refractivity contribution in [3.05, 3.63) is 24.0 Å². The highest BCUT2D eigenvalue weighted by atomic mass is 32.2. The zero-order valence-electron chi connectivity index (χ0n) is 9.30.